The number of halogens is 20. The fourth-order valence-corrected chi connectivity index (χ4v) is 9.17. The second kappa shape index (κ2) is 19.9. The van der Waals surface area contributed by atoms with Crippen LogP contribution in [0.3, 0.4) is 0 Å². The normalized spacial score (nSPS) is 13.9. The van der Waals surface area contributed by atoms with Crippen LogP contribution in [0.2, 0.25) is 0 Å². The molecule has 1 aliphatic rings. The van der Waals surface area contributed by atoms with Gasteiger partial charge in [0.05, 0.1) is 25.7 Å². The number of hydrogen-bond donors (Lipinski definition) is 0. The van der Waals surface area contributed by atoms with E-state index in [1.807, 2.05) is 0 Å². The van der Waals surface area contributed by atoms with E-state index < -0.39 is 144 Å². The van der Waals surface area contributed by atoms with Gasteiger partial charge in [-0.1, -0.05) is 47.5 Å². The van der Waals surface area contributed by atoms with Crippen LogP contribution in [0.4, 0.5) is 87.8 Å². The van der Waals surface area contributed by atoms with Crippen molar-refractivity contribution in [2.24, 2.45) is 11.8 Å². The second-order valence-electron chi connectivity index (χ2n) is 16.5. The quantitative estimate of drug-likeness (QED) is 0.0436. The Morgan fingerprint density at radius 3 is 0.797 bits per heavy atom. The Balaban J connectivity index is 0.000000395. The molecule has 0 aromatic heterocycles. The summed E-state index contributed by atoms with van der Waals surface area (Å²) in [6, 6.07) is 0.963. The smallest absolute Gasteiger partial charge is 0.200 e. The standard InChI is InChI=1S/C24BF20.C18H38N/c26-5-1(6(27)14(35)21(42)13(5)34)25(2-7(28)15(36)22(43)16(37)8(2)29,3-9(30)17(38)23(44)18(39)10(3)31)4-11(32)19(40)24(45)20(41)12(4)33;1-6-7-13-19(14-16(2)3,15-17(4)5)18-11-9-8-10-12-18/h;16-18H,6-15H2,1-5H3/q-1;+1. The number of nitrogens with zero attached hydrogens (tertiary/aromatic N) is 1. The van der Waals surface area contributed by atoms with Crippen molar-refractivity contribution in [2.45, 2.75) is 85.6 Å². The molecule has 1 fully saturated rings. The minimum absolute atomic E-state index is 0.831. The zero-order valence-corrected chi connectivity index (χ0v) is 34.4. The molecule has 22 heteroatoms. The number of hydrogen-bond acceptors (Lipinski definition) is 0. The van der Waals surface area contributed by atoms with Crippen LogP contribution in [-0.4, -0.2) is 36.3 Å². The molecule has 0 atom stereocenters. The van der Waals surface area contributed by atoms with Gasteiger partial charge in [-0.3, -0.25) is 0 Å². The highest BCUT2D eigenvalue weighted by molar-refractivity contribution is 7.20. The first-order chi connectivity index (χ1) is 29.7. The van der Waals surface area contributed by atoms with E-state index in [0.717, 1.165) is 17.9 Å². The Morgan fingerprint density at radius 2 is 0.594 bits per heavy atom. The Morgan fingerprint density at radius 1 is 0.375 bits per heavy atom. The van der Waals surface area contributed by atoms with Crippen molar-refractivity contribution >= 4 is 28.0 Å². The third-order valence-electron chi connectivity index (χ3n) is 11.5. The van der Waals surface area contributed by atoms with Crippen molar-refractivity contribution < 1.29 is 92.3 Å². The van der Waals surface area contributed by atoms with Gasteiger partial charge in [-0.25, -0.2) is 87.8 Å². The molecule has 0 unspecified atom stereocenters. The van der Waals surface area contributed by atoms with Crippen molar-refractivity contribution in [1.29, 1.82) is 0 Å². The third-order valence-corrected chi connectivity index (χ3v) is 11.5. The Hall–Kier alpha value is -4.50. The Labute approximate surface area is 353 Å². The molecule has 0 heterocycles. The lowest BCUT2D eigenvalue weighted by Crippen LogP contribution is -2.81. The van der Waals surface area contributed by atoms with Gasteiger partial charge >= 0.3 is 0 Å². The lowest BCUT2D eigenvalue weighted by molar-refractivity contribution is -0.957. The molecule has 354 valence electrons. The summed E-state index contributed by atoms with van der Waals surface area (Å²) in [6.45, 7) is 16.3. The van der Waals surface area contributed by atoms with E-state index in [2.05, 4.69) is 34.6 Å². The summed E-state index contributed by atoms with van der Waals surface area (Å²) < 4.78 is 295. The summed E-state index contributed by atoms with van der Waals surface area (Å²) in [6.07, 6.45) is 2.96. The maximum Gasteiger partial charge on any atom is 0.200 e. The summed E-state index contributed by atoms with van der Waals surface area (Å²) in [5, 5.41) is 0. The van der Waals surface area contributed by atoms with Gasteiger partial charge in [-0.15, -0.1) is 21.9 Å². The van der Waals surface area contributed by atoms with E-state index in [0.29, 0.717) is 0 Å². The average molecular weight is 948 g/mol. The van der Waals surface area contributed by atoms with Crippen LogP contribution in [0.25, 0.3) is 0 Å². The monoisotopic (exact) mass is 947 g/mol. The van der Waals surface area contributed by atoms with Crippen LogP contribution in [0, 0.1) is 128 Å². The largest absolute Gasteiger partial charge is 0.321 e. The number of quaternary nitrogens is 1. The van der Waals surface area contributed by atoms with E-state index in [1.54, 1.807) is 0 Å². The zero-order chi connectivity index (χ0) is 48.7. The molecule has 4 aromatic rings. The number of unbranched alkanes of at least 4 members (excludes halogenated alkanes) is 1. The molecule has 0 N–H and O–H groups in total. The average Bonchev–Trinajstić information content (AvgIpc) is 3.25. The van der Waals surface area contributed by atoms with Crippen molar-refractivity contribution in [3.05, 3.63) is 116 Å². The summed E-state index contributed by atoms with van der Waals surface area (Å²) in [5.41, 5.74) is -14.3. The van der Waals surface area contributed by atoms with Crippen LogP contribution in [0.5, 0.6) is 0 Å². The van der Waals surface area contributed by atoms with Gasteiger partial charge in [0.1, 0.15) is 52.7 Å². The van der Waals surface area contributed by atoms with Crippen molar-refractivity contribution in [2.75, 3.05) is 19.6 Å². The molecule has 0 spiro atoms. The minimum Gasteiger partial charge on any atom is -0.321 e. The lowest BCUT2D eigenvalue weighted by Gasteiger charge is -2.49. The SMILES string of the molecule is CCCC[N+](CC(C)C)(CC(C)C)C1CCCCC1.Fc1c(F)c(F)c([B-](c2c(F)c(F)c(F)c(F)c2F)(c2c(F)c(F)c(F)c(F)c2F)c2c(F)c(F)c(F)c(F)c2F)c(F)c1F. The predicted octanol–water partition coefficient (Wildman–Crippen LogP) is 11.1. The van der Waals surface area contributed by atoms with Crippen molar-refractivity contribution in [1.82, 2.24) is 0 Å². The second-order valence-corrected chi connectivity index (χ2v) is 16.5. The Kier molecular flexibility index (Phi) is 16.2. The molecule has 0 aliphatic heterocycles. The first kappa shape index (κ1) is 52.1. The Bertz CT molecular complexity index is 2000. The van der Waals surface area contributed by atoms with Gasteiger partial charge in [0.25, 0.3) is 0 Å². The van der Waals surface area contributed by atoms with E-state index in [-0.39, 0.29) is 0 Å². The maximum absolute atomic E-state index is 15.4. The highest BCUT2D eigenvalue weighted by Crippen LogP contribution is 2.33. The fourth-order valence-electron chi connectivity index (χ4n) is 9.17. The van der Waals surface area contributed by atoms with Crippen molar-refractivity contribution in [3.63, 3.8) is 0 Å². The molecular formula is C42H38BF20N. The molecule has 0 bridgehead atoms. The van der Waals surface area contributed by atoms with E-state index in [9.17, 15) is 52.7 Å². The molecule has 1 nitrogen and oxygen atoms in total. The molecule has 0 amide bonds. The first-order valence-corrected chi connectivity index (χ1v) is 19.8. The molecular weight excluding hydrogens is 909 g/mol. The van der Waals surface area contributed by atoms with E-state index in [4.69, 9.17) is 0 Å². The van der Waals surface area contributed by atoms with Crippen LogP contribution >= 0.6 is 0 Å². The van der Waals surface area contributed by atoms with Gasteiger partial charge in [0, 0.05) is 11.8 Å². The maximum atomic E-state index is 15.4. The minimum atomic E-state index is -7.22. The molecule has 1 saturated carbocycles. The summed E-state index contributed by atoms with van der Waals surface area (Å²) in [4.78, 5) is 0. The van der Waals surface area contributed by atoms with Gasteiger partial charge < -0.3 is 4.48 Å². The van der Waals surface area contributed by atoms with Crippen LogP contribution in [0.1, 0.15) is 79.6 Å². The lowest BCUT2D eigenvalue weighted by atomic mass is 9.12. The highest BCUT2D eigenvalue weighted by Gasteiger charge is 2.52. The van der Waals surface area contributed by atoms with Crippen molar-refractivity contribution in [3.8, 4) is 0 Å². The zero-order valence-electron chi connectivity index (χ0n) is 34.4. The van der Waals surface area contributed by atoms with Gasteiger partial charge in [-0.05, 0) is 32.1 Å². The summed E-state index contributed by atoms with van der Waals surface area (Å²) in [7, 11) is 0. The van der Waals surface area contributed by atoms with Gasteiger partial charge in [0.2, 0.25) is 0 Å². The van der Waals surface area contributed by atoms with Crippen LogP contribution < -0.4 is 21.9 Å². The third kappa shape index (κ3) is 8.79. The molecule has 5 rings (SSSR count). The molecule has 64 heavy (non-hydrogen) atoms. The number of rotatable bonds is 12. The molecule has 0 saturated heterocycles. The summed E-state index contributed by atoms with van der Waals surface area (Å²) >= 11 is 0. The van der Waals surface area contributed by atoms with E-state index in [1.165, 1.54) is 69.1 Å². The summed E-state index contributed by atoms with van der Waals surface area (Å²) in [5.74, 6) is -69.7. The topological polar surface area (TPSA) is 0 Å². The number of benzene rings is 4. The molecule has 1 aliphatic carbocycles. The van der Waals surface area contributed by atoms with Gasteiger partial charge in [0.15, 0.2) is 69.8 Å². The fraction of sp³-hybridized carbons (Fsp3) is 0.429. The molecule has 0 radical (unpaired) electrons. The predicted molar refractivity (Wildman–Crippen MR) is 196 cm³/mol. The van der Waals surface area contributed by atoms with E-state index >= 15 is 35.1 Å². The van der Waals surface area contributed by atoms with Crippen LogP contribution in [-0.2, 0) is 0 Å². The molecule has 4 aromatic carbocycles. The van der Waals surface area contributed by atoms with Gasteiger partial charge in [-0.2, -0.15) is 0 Å². The van der Waals surface area contributed by atoms with Crippen LogP contribution in [0.15, 0.2) is 0 Å². The highest BCUT2D eigenvalue weighted by atomic mass is 19.2. The first-order valence-electron chi connectivity index (χ1n) is 19.8.